The average molecular weight is 218 g/mol. The second-order valence-corrected chi connectivity index (χ2v) is 8.42. The van der Waals surface area contributed by atoms with Crippen molar-refractivity contribution in [2.45, 2.75) is 50.8 Å². The predicted molar refractivity (Wildman–Crippen MR) is 57.7 cm³/mol. The Morgan fingerprint density at radius 2 is 1.57 bits per heavy atom. The van der Waals surface area contributed by atoms with E-state index in [-0.39, 0.29) is 16.2 Å². The zero-order valence-electron chi connectivity index (χ0n) is 9.24. The quantitative estimate of drug-likeness (QED) is 0.664. The molecule has 1 heterocycles. The summed E-state index contributed by atoms with van der Waals surface area (Å²) in [6.45, 7) is 7.87. The summed E-state index contributed by atoms with van der Waals surface area (Å²) in [4.78, 5) is 21.1. The summed E-state index contributed by atoms with van der Waals surface area (Å²) in [5, 5.41) is 8.54. The van der Waals surface area contributed by atoms with E-state index in [4.69, 9.17) is 5.11 Å². The fourth-order valence-corrected chi connectivity index (χ4v) is 4.87. The normalized spacial score (nSPS) is 35.2. The Labute approximate surface area is 86.4 Å². The van der Waals surface area contributed by atoms with Crippen LogP contribution in [0.2, 0.25) is 0 Å². The third-order valence-corrected chi connectivity index (χ3v) is 5.65. The third-order valence-electron chi connectivity index (χ3n) is 2.99. The molecule has 82 valence electrons. The lowest BCUT2D eigenvalue weighted by molar-refractivity contribution is -0.142. The van der Waals surface area contributed by atoms with Gasteiger partial charge in [0.1, 0.15) is 0 Å². The van der Waals surface area contributed by atoms with Crippen molar-refractivity contribution >= 4 is 14.1 Å². The van der Waals surface area contributed by atoms with Crippen LogP contribution in [0.5, 0.6) is 0 Å². The molecule has 0 radical (unpaired) electrons. The van der Waals surface area contributed by atoms with Crippen LogP contribution in [0.25, 0.3) is 0 Å². The molecule has 0 amide bonds. The van der Waals surface area contributed by atoms with Crippen LogP contribution < -0.4 is 0 Å². The highest BCUT2D eigenvalue weighted by Crippen LogP contribution is 2.64. The van der Waals surface area contributed by atoms with Crippen molar-refractivity contribution in [3.05, 3.63) is 0 Å². The Morgan fingerprint density at radius 1 is 1.21 bits per heavy atom. The van der Waals surface area contributed by atoms with Crippen LogP contribution in [0.15, 0.2) is 0 Å². The van der Waals surface area contributed by atoms with E-state index in [0.29, 0.717) is 12.8 Å². The summed E-state index contributed by atoms with van der Waals surface area (Å²) in [7, 11) is -1.09. The standard InChI is InChI=1S/C10H19O3P/c1-9(2)5-7(8(11)12)6-10(3,4)14(9)13/h7,13H,5-6H2,1-4H3,(H,11,12). The highest BCUT2D eigenvalue weighted by molar-refractivity contribution is 7.55. The van der Waals surface area contributed by atoms with Gasteiger partial charge in [0.2, 0.25) is 0 Å². The topological polar surface area (TPSA) is 57.5 Å². The summed E-state index contributed by atoms with van der Waals surface area (Å²) in [5.74, 6) is -1.03. The van der Waals surface area contributed by atoms with Crippen LogP contribution in [0, 0.1) is 5.92 Å². The molecule has 1 aliphatic rings. The lowest BCUT2D eigenvalue weighted by Crippen LogP contribution is -2.41. The van der Waals surface area contributed by atoms with E-state index >= 15 is 0 Å². The minimum absolute atomic E-state index is 0.236. The molecule has 0 aromatic rings. The Hall–Kier alpha value is -0.140. The smallest absolute Gasteiger partial charge is 0.306 e. The molecule has 0 aromatic heterocycles. The first-order valence-electron chi connectivity index (χ1n) is 4.89. The first-order chi connectivity index (χ1) is 6.17. The largest absolute Gasteiger partial charge is 0.481 e. The summed E-state index contributed by atoms with van der Waals surface area (Å²) in [5.41, 5.74) is 0. The molecule has 14 heavy (non-hydrogen) atoms. The van der Waals surface area contributed by atoms with Crippen molar-refractivity contribution in [3.8, 4) is 0 Å². The van der Waals surface area contributed by atoms with Gasteiger partial charge in [-0.1, -0.05) is 27.7 Å². The van der Waals surface area contributed by atoms with Crippen molar-refractivity contribution < 1.29 is 14.8 Å². The van der Waals surface area contributed by atoms with E-state index in [2.05, 4.69) is 0 Å². The molecular weight excluding hydrogens is 199 g/mol. The first kappa shape index (κ1) is 11.9. The van der Waals surface area contributed by atoms with Gasteiger partial charge in [0.15, 0.2) is 0 Å². The van der Waals surface area contributed by atoms with E-state index in [9.17, 15) is 9.69 Å². The molecule has 0 saturated carbocycles. The molecule has 1 aliphatic heterocycles. The molecular formula is C10H19O3P. The van der Waals surface area contributed by atoms with Gasteiger partial charge in [-0.25, -0.2) is 0 Å². The second-order valence-electron chi connectivity index (χ2n) is 5.38. The number of rotatable bonds is 1. The number of carbonyl (C=O) groups is 1. The van der Waals surface area contributed by atoms with Gasteiger partial charge in [-0.15, -0.1) is 0 Å². The monoisotopic (exact) mass is 218 g/mol. The van der Waals surface area contributed by atoms with E-state index in [1.54, 1.807) is 0 Å². The summed E-state index contributed by atoms with van der Waals surface area (Å²) >= 11 is 0. The Kier molecular flexibility index (Phi) is 2.95. The van der Waals surface area contributed by atoms with Gasteiger partial charge < -0.3 is 10.00 Å². The molecule has 0 atom stereocenters. The molecule has 4 heteroatoms. The first-order valence-corrected chi connectivity index (χ1v) is 6.18. The summed E-state index contributed by atoms with van der Waals surface area (Å²) in [6, 6.07) is 0. The van der Waals surface area contributed by atoms with Crippen LogP contribution in [0.3, 0.4) is 0 Å². The van der Waals surface area contributed by atoms with E-state index in [1.165, 1.54) is 0 Å². The molecule has 3 nitrogen and oxygen atoms in total. The van der Waals surface area contributed by atoms with Gasteiger partial charge >= 0.3 is 5.97 Å². The van der Waals surface area contributed by atoms with Crippen LogP contribution in [0.4, 0.5) is 0 Å². The molecule has 1 saturated heterocycles. The van der Waals surface area contributed by atoms with E-state index < -0.39 is 14.1 Å². The number of aliphatic carboxylic acids is 1. The van der Waals surface area contributed by atoms with Gasteiger partial charge in [-0.05, 0) is 12.8 Å². The fraction of sp³-hybridized carbons (Fsp3) is 0.900. The molecule has 1 rings (SSSR count). The molecule has 0 aliphatic carbocycles. The average Bonchev–Trinajstić information content (AvgIpc) is 1.98. The zero-order valence-corrected chi connectivity index (χ0v) is 10.1. The van der Waals surface area contributed by atoms with Crippen molar-refractivity contribution in [2.75, 3.05) is 0 Å². The van der Waals surface area contributed by atoms with E-state index in [0.717, 1.165) is 0 Å². The minimum atomic E-state index is -1.09. The van der Waals surface area contributed by atoms with Crippen LogP contribution >= 0.6 is 8.15 Å². The zero-order chi connectivity index (χ0) is 11.1. The number of hydrogen-bond acceptors (Lipinski definition) is 2. The SMILES string of the molecule is CC1(C)CC(C(=O)O)CC(C)(C)P1O. The van der Waals surface area contributed by atoms with Crippen molar-refractivity contribution in [3.63, 3.8) is 0 Å². The molecule has 0 spiro atoms. The van der Waals surface area contributed by atoms with Gasteiger partial charge in [-0.3, -0.25) is 4.79 Å². The second kappa shape index (κ2) is 3.46. The molecule has 0 aromatic carbocycles. The molecule has 0 unspecified atom stereocenters. The summed E-state index contributed by atoms with van der Waals surface area (Å²) in [6.07, 6.45) is 1.18. The third kappa shape index (κ3) is 2.09. The van der Waals surface area contributed by atoms with Crippen LogP contribution in [-0.2, 0) is 4.79 Å². The molecule has 2 N–H and O–H groups in total. The number of carboxylic acid groups (broad SMARTS) is 1. The Balaban J connectivity index is 2.91. The highest BCUT2D eigenvalue weighted by atomic mass is 31.1. The fourth-order valence-electron chi connectivity index (χ4n) is 2.45. The molecule has 1 fully saturated rings. The molecule has 0 bridgehead atoms. The van der Waals surface area contributed by atoms with Crippen LogP contribution in [0.1, 0.15) is 40.5 Å². The number of carboxylic acids is 1. The van der Waals surface area contributed by atoms with Crippen molar-refractivity contribution in [1.82, 2.24) is 0 Å². The van der Waals surface area contributed by atoms with Gasteiger partial charge in [0.05, 0.1) is 5.92 Å². The van der Waals surface area contributed by atoms with Gasteiger partial charge in [0.25, 0.3) is 0 Å². The van der Waals surface area contributed by atoms with Crippen LogP contribution in [-0.4, -0.2) is 26.3 Å². The van der Waals surface area contributed by atoms with Gasteiger partial charge in [0, 0.05) is 18.5 Å². The lowest BCUT2D eigenvalue weighted by Gasteiger charge is -2.47. The maximum Gasteiger partial charge on any atom is 0.306 e. The minimum Gasteiger partial charge on any atom is -0.481 e. The maximum absolute atomic E-state index is 11.0. The lowest BCUT2D eigenvalue weighted by atomic mass is 9.87. The van der Waals surface area contributed by atoms with E-state index in [1.807, 2.05) is 27.7 Å². The Morgan fingerprint density at radius 3 is 1.86 bits per heavy atom. The van der Waals surface area contributed by atoms with Crippen molar-refractivity contribution in [1.29, 1.82) is 0 Å². The maximum atomic E-state index is 11.0. The van der Waals surface area contributed by atoms with Gasteiger partial charge in [-0.2, -0.15) is 0 Å². The van der Waals surface area contributed by atoms with Crippen molar-refractivity contribution in [2.24, 2.45) is 5.92 Å². The summed E-state index contributed by atoms with van der Waals surface area (Å²) < 4.78 is 0. The highest BCUT2D eigenvalue weighted by Gasteiger charge is 2.48. The number of hydrogen-bond donors (Lipinski definition) is 2. The predicted octanol–water partition coefficient (Wildman–Crippen LogP) is 2.43. The Bertz CT molecular complexity index is 230.